The average Bonchev–Trinajstić information content (AvgIpc) is 2.41. The predicted octanol–water partition coefficient (Wildman–Crippen LogP) is 2.62. The van der Waals surface area contributed by atoms with Gasteiger partial charge in [0.15, 0.2) is 0 Å². The van der Waals surface area contributed by atoms with Gasteiger partial charge >= 0.3 is 0 Å². The van der Waals surface area contributed by atoms with E-state index in [4.69, 9.17) is 5.73 Å². The fraction of sp³-hybridized carbons (Fsp3) is 0.625. The standard InChI is InChI=1S/C16H26FN3/c1-12(18)15-10-14(17)4-5-16(15)20(3)11-13-6-8-19(2)9-7-13/h4-5,10,12-13H,6-9,11,18H2,1-3H3/t12-/m1/s1. The molecule has 1 atom stereocenters. The Morgan fingerprint density at radius 1 is 1.40 bits per heavy atom. The number of benzene rings is 1. The third kappa shape index (κ3) is 3.70. The summed E-state index contributed by atoms with van der Waals surface area (Å²) in [6, 6.07) is 4.78. The molecule has 1 aliphatic rings. The molecule has 20 heavy (non-hydrogen) atoms. The van der Waals surface area contributed by atoms with Gasteiger partial charge in [-0.25, -0.2) is 4.39 Å². The van der Waals surface area contributed by atoms with Crippen molar-refractivity contribution in [1.29, 1.82) is 0 Å². The maximum atomic E-state index is 13.4. The highest BCUT2D eigenvalue weighted by Gasteiger charge is 2.20. The summed E-state index contributed by atoms with van der Waals surface area (Å²) in [6.07, 6.45) is 2.46. The van der Waals surface area contributed by atoms with E-state index >= 15 is 0 Å². The molecule has 0 radical (unpaired) electrons. The van der Waals surface area contributed by atoms with Gasteiger partial charge < -0.3 is 15.5 Å². The Morgan fingerprint density at radius 2 is 2.05 bits per heavy atom. The molecule has 0 amide bonds. The van der Waals surface area contributed by atoms with E-state index in [1.165, 1.54) is 32.0 Å². The van der Waals surface area contributed by atoms with Crippen LogP contribution in [0.3, 0.4) is 0 Å². The second kappa shape index (κ2) is 6.55. The molecule has 4 heteroatoms. The number of anilines is 1. The molecule has 2 rings (SSSR count). The molecule has 0 unspecified atom stereocenters. The Hall–Kier alpha value is -1.13. The van der Waals surface area contributed by atoms with Gasteiger partial charge in [0.1, 0.15) is 5.82 Å². The molecule has 0 aromatic heterocycles. The number of hydrogen-bond acceptors (Lipinski definition) is 3. The van der Waals surface area contributed by atoms with E-state index in [-0.39, 0.29) is 11.9 Å². The molecule has 3 nitrogen and oxygen atoms in total. The van der Waals surface area contributed by atoms with E-state index in [2.05, 4.69) is 23.9 Å². The largest absolute Gasteiger partial charge is 0.374 e. The van der Waals surface area contributed by atoms with E-state index in [1.54, 1.807) is 6.07 Å². The summed E-state index contributed by atoms with van der Waals surface area (Å²) < 4.78 is 13.4. The summed E-state index contributed by atoms with van der Waals surface area (Å²) in [5, 5.41) is 0. The smallest absolute Gasteiger partial charge is 0.123 e. The van der Waals surface area contributed by atoms with Crippen LogP contribution >= 0.6 is 0 Å². The molecule has 1 heterocycles. The molecule has 0 saturated carbocycles. The molecule has 0 spiro atoms. The lowest BCUT2D eigenvalue weighted by Crippen LogP contribution is -2.36. The minimum Gasteiger partial charge on any atom is -0.374 e. The normalized spacial score (nSPS) is 19.1. The van der Waals surface area contributed by atoms with Gasteiger partial charge in [-0.3, -0.25) is 0 Å². The molecule has 1 aliphatic heterocycles. The first-order valence-corrected chi connectivity index (χ1v) is 7.42. The van der Waals surface area contributed by atoms with Gasteiger partial charge in [0.25, 0.3) is 0 Å². The van der Waals surface area contributed by atoms with Crippen molar-refractivity contribution in [3.8, 4) is 0 Å². The minimum absolute atomic E-state index is 0.152. The SMILES string of the molecule is C[C@@H](N)c1cc(F)ccc1N(C)CC1CCN(C)CC1. The van der Waals surface area contributed by atoms with Gasteiger partial charge in [-0.1, -0.05) is 0 Å². The summed E-state index contributed by atoms with van der Waals surface area (Å²) >= 11 is 0. The van der Waals surface area contributed by atoms with Crippen LogP contribution in [0.1, 0.15) is 31.4 Å². The van der Waals surface area contributed by atoms with E-state index in [1.807, 2.05) is 13.0 Å². The molecule has 0 bridgehead atoms. The highest BCUT2D eigenvalue weighted by atomic mass is 19.1. The summed E-state index contributed by atoms with van der Waals surface area (Å²) in [7, 11) is 4.26. The zero-order valence-electron chi connectivity index (χ0n) is 12.8. The Labute approximate surface area is 121 Å². The predicted molar refractivity (Wildman–Crippen MR) is 82.5 cm³/mol. The first-order chi connectivity index (χ1) is 9.47. The highest BCUT2D eigenvalue weighted by Crippen LogP contribution is 2.27. The van der Waals surface area contributed by atoms with Gasteiger partial charge in [0.05, 0.1) is 0 Å². The maximum absolute atomic E-state index is 13.4. The molecule has 1 aromatic rings. The van der Waals surface area contributed by atoms with Crippen molar-refractivity contribution in [3.05, 3.63) is 29.6 Å². The maximum Gasteiger partial charge on any atom is 0.123 e. The second-order valence-electron chi connectivity index (χ2n) is 6.12. The van der Waals surface area contributed by atoms with Crippen LogP contribution in [0.5, 0.6) is 0 Å². The van der Waals surface area contributed by atoms with Gasteiger partial charge in [0, 0.05) is 25.3 Å². The van der Waals surface area contributed by atoms with Crippen molar-refractivity contribution in [1.82, 2.24) is 4.90 Å². The van der Waals surface area contributed by atoms with Crippen LogP contribution < -0.4 is 10.6 Å². The van der Waals surface area contributed by atoms with Crippen LogP contribution in [0.15, 0.2) is 18.2 Å². The number of piperidine rings is 1. The third-order valence-corrected chi connectivity index (χ3v) is 4.26. The van der Waals surface area contributed by atoms with Crippen molar-refractivity contribution in [2.24, 2.45) is 11.7 Å². The summed E-state index contributed by atoms with van der Waals surface area (Å²) in [4.78, 5) is 4.61. The van der Waals surface area contributed by atoms with Crippen LogP contribution in [-0.2, 0) is 0 Å². The van der Waals surface area contributed by atoms with Gasteiger partial charge in [0.2, 0.25) is 0 Å². The quantitative estimate of drug-likeness (QED) is 0.919. The lowest BCUT2D eigenvalue weighted by molar-refractivity contribution is 0.222. The number of likely N-dealkylation sites (tertiary alicyclic amines) is 1. The zero-order chi connectivity index (χ0) is 14.7. The summed E-state index contributed by atoms with van der Waals surface area (Å²) in [6.45, 7) is 5.25. The molecular weight excluding hydrogens is 253 g/mol. The van der Waals surface area contributed by atoms with Crippen molar-refractivity contribution in [2.45, 2.75) is 25.8 Å². The van der Waals surface area contributed by atoms with Crippen LogP contribution in [0.2, 0.25) is 0 Å². The number of nitrogens with two attached hydrogens (primary N) is 1. The van der Waals surface area contributed by atoms with Crippen molar-refractivity contribution >= 4 is 5.69 Å². The van der Waals surface area contributed by atoms with Crippen molar-refractivity contribution in [2.75, 3.05) is 38.6 Å². The first-order valence-electron chi connectivity index (χ1n) is 7.42. The topological polar surface area (TPSA) is 32.5 Å². The number of nitrogens with zero attached hydrogens (tertiary/aromatic N) is 2. The molecule has 1 aromatic carbocycles. The Kier molecular flexibility index (Phi) is 5.00. The van der Waals surface area contributed by atoms with E-state index < -0.39 is 0 Å². The van der Waals surface area contributed by atoms with Crippen molar-refractivity contribution in [3.63, 3.8) is 0 Å². The second-order valence-corrected chi connectivity index (χ2v) is 6.12. The summed E-state index contributed by atoms with van der Waals surface area (Å²) in [5.74, 6) is 0.496. The van der Waals surface area contributed by atoms with Crippen LogP contribution in [0.25, 0.3) is 0 Å². The molecular formula is C16H26FN3. The monoisotopic (exact) mass is 279 g/mol. The minimum atomic E-state index is -0.214. The number of halogens is 1. The number of rotatable bonds is 4. The highest BCUT2D eigenvalue weighted by molar-refractivity contribution is 5.54. The third-order valence-electron chi connectivity index (χ3n) is 4.26. The van der Waals surface area contributed by atoms with Crippen LogP contribution in [0.4, 0.5) is 10.1 Å². The van der Waals surface area contributed by atoms with Crippen molar-refractivity contribution < 1.29 is 4.39 Å². The fourth-order valence-corrected chi connectivity index (χ4v) is 2.97. The molecule has 112 valence electrons. The lowest BCUT2D eigenvalue weighted by atomic mass is 9.96. The zero-order valence-corrected chi connectivity index (χ0v) is 12.8. The van der Waals surface area contributed by atoms with E-state index in [9.17, 15) is 4.39 Å². The molecule has 1 saturated heterocycles. The van der Waals surface area contributed by atoms with Gasteiger partial charge in [-0.05, 0) is 69.6 Å². The Morgan fingerprint density at radius 3 is 2.65 bits per heavy atom. The first kappa shape index (κ1) is 15.3. The van der Waals surface area contributed by atoms with Crippen LogP contribution in [0, 0.1) is 11.7 Å². The van der Waals surface area contributed by atoms with Crippen LogP contribution in [-0.4, -0.2) is 38.6 Å². The molecule has 2 N–H and O–H groups in total. The lowest BCUT2D eigenvalue weighted by Gasteiger charge is -2.33. The Bertz CT molecular complexity index is 439. The van der Waals surface area contributed by atoms with Gasteiger partial charge in [-0.2, -0.15) is 0 Å². The van der Waals surface area contributed by atoms with E-state index in [0.717, 1.165) is 17.8 Å². The fourth-order valence-electron chi connectivity index (χ4n) is 2.97. The average molecular weight is 279 g/mol. The molecule has 0 aliphatic carbocycles. The number of hydrogen-bond donors (Lipinski definition) is 1. The summed E-state index contributed by atoms with van der Waals surface area (Å²) in [5.41, 5.74) is 7.92. The van der Waals surface area contributed by atoms with Gasteiger partial charge in [-0.15, -0.1) is 0 Å². The van der Waals surface area contributed by atoms with E-state index in [0.29, 0.717) is 5.92 Å². The Balaban J connectivity index is 2.07. The molecule has 1 fully saturated rings.